The Morgan fingerprint density at radius 3 is 2.42 bits per heavy atom. The van der Waals surface area contributed by atoms with Gasteiger partial charge in [0.05, 0.1) is 20.4 Å². The van der Waals surface area contributed by atoms with Gasteiger partial charge < -0.3 is 19.5 Å². The van der Waals surface area contributed by atoms with E-state index in [4.69, 9.17) is 14.2 Å². The van der Waals surface area contributed by atoms with Gasteiger partial charge in [0.25, 0.3) is 11.8 Å². The van der Waals surface area contributed by atoms with Gasteiger partial charge in [-0.05, 0) is 72.6 Å². The third-order valence-electron chi connectivity index (χ3n) is 4.58. The van der Waals surface area contributed by atoms with Crippen LogP contribution in [0.1, 0.15) is 21.5 Å². The van der Waals surface area contributed by atoms with Crippen LogP contribution in [-0.4, -0.2) is 38.9 Å². The quantitative estimate of drug-likeness (QED) is 0.384. The van der Waals surface area contributed by atoms with E-state index in [0.29, 0.717) is 34.1 Å². The zero-order chi connectivity index (χ0) is 23.6. The highest BCUT2D eigenvalue weighted by Gasteiger charge is 2.09. The van der Waals surface area contributed by atoms with Crippen LogP contribution in [0.4, 0.5) is 5.69 Å². The molecule has 0 atom stereocenters. The van der Waals surface area contributed by atoms with Gasteiger partial charge in [-0.2, -0.15) is 5.10 Å². The van der Waals surface area contributed by atoms with E-state index < -0.39 is 0 Å². The molecule has 0 heterocycles. The summed E-state index contributed by atoms with van der Waals surface area (Å²) >= 11 is 0. The van der Waals surface area contributed by atoms with Crippen LogP contribution in [-0.2, 0) is 4.79 Å². The third kappa shape index (κ3) is 6.83. The summed E-state index contributed by atoms with van der Waals surface area (Å²) in [7, 11) is 3.06. The molecule has 0 fully saturated rings. The number of nitrogens with zero attached hydrogens (tertiary/aromatic N) is 1. The van der Waals surface area contributed by atoms with Crippen LogP contribution in [0, 0.1) is 6.92 Å². The molecule has 0 aliphatic heterocycles. The molecule has 2 N–H and O–H groups in total. The monoisotopic (exact) mass is 447 g/mol. The smallest absolute Gasteiger partial charge is 0.271 e. The van der Waals surface area contributed by atoms with E-state index >= 15 is 0 Å². The molecule has 0 radical (unpaired) electrons. The number of benzene rings is 3. The van der Waals surface area contributed by atoms with Crippen molar-refractivity contribution in [1.82, 2.24) is 5.43 Å². The van der Waals surface area contributed by atoms with Crippen molar-refractivity contribution >= 4 is 23.7 Å². The molecule has 0 unspecified atom stereocenters. The van der Waals surface area contributed by atoms with Crippen molar-refractivity contribution < 1.29 is 23.8 Å². The second kappa shape index (κ2) is 11.3. The molecule has 0 aliphatic rings. The van der Waals surface area contributed by atoms with Gasteiger partial charge in [-0.3, -0.25) is 9.59 Å². The van der Waals surface area contributed by atoms with E-state index in [-0.39, 0.29) is 18.4 Å². The molecular formula is C25H25N3O5. The van der Waals surface area contributed by atoms with Crippen molar-refractivity contribution in [2.75, 3.05) is 26.1 Å². The Hall–Kier alpha value is -4.33. The Kier molecular flexibility index (Phi) is 8.02. The molecule has 0 aromatic heterocycles. The molecule has 3 rings (SSSR count). The van der Waals surface area contributed by atoms with Crippen LogP contribution < -0.4 is 25.0 Å². The average molecular weight is 447 g/mol. The zero-order valence-electron chi connectivity index (χ0n) is 18.6. The van der Waals surface area contributed by atoms with Crippen molar-refractivity contribution in [3.63, 3.8) is 0 Å². The van der Waals surface area contributed by atoms with Crippen molar-refractivity contribution in [2.24, 2.45) is 5.10 Å². The third-order valence-corrected chi connectivity index (χ3v) is 4.58. The number of carbonyl (C=O) groups is 2. The van der Waals surface area contributed by atoms with E-state index in [1.807, 2.05) is 31.2 Å². The Morgan fingerprint density at radius 2 is 1.73 bits per heavy atom. The summed E-state index contributed by atoms with van der Waals surface area (Å²) in [6, 6.07) is 19.3. The number of hydrazone groups is 1. The number of ether oxygens (including phenoxy) is 3. The molecule has 8 nitrogen and oxygen atoms in total. The number of carbonyl (C=O) groups excluding carboxylic acids is 2. The molecule has 170 valence electrons. The van der Waals surface area contributed by atoms with E-state index in [0.717, 1.165) is 5.56 Å². The fourth-order valence-electron chi connectivity index (χ4n) is 2.92. The van der Waals surface area contributed by atoms with Crippen molar-refractivity contribution in [1.29, 1.82) is 0 Å². The molecule has 0 bridgehead atoms. The first kappa shape index (κ1) is 23.3. The summed E-state index contributed by atoms with van der Waals surface area (Å²) in [5.74, 6) is 0.882. The minimum Gasteiger partial charge on any atom is -0.497 e. The van der Waals surface area contributed by atoms with Crippen LogP contribution in [0.2, 0.25) is 0 Å². The Labute approximate surface area is 192 Å². The minimum absolute atomic E-state index is 0.171. The first-order valence-corrected chi connectivity index (χ1v) is 10.1. The highest BCUT2D eigenvalue weighted by atomic mass is 16.5. The standard InChI is InChI=1S/C25H25N3O5/c1-17-5-4-6-20(13-17)27-24(29)16-33-22-12-7-18(14-23(22)32-3)15-26-28-25(30)19-8-10-21(31-2)11-9-19/h4-15H,16H2,1-3H3,(H,27,29)(H,28,30)/b26-15-. The molecule has 0 aliphatic carbocycles. The number of nitrogens with one attached hydrogen (secondary N) is 2. The van der Waals surface area contributed by atoms with Gasteiger partial charge in [0.2, 0.25) is 0 Å². The highest BCUT2D eigenvalue weighted by Crippen LogP contribution is 2.27. The van der Waals surface area contributed by atoms with Gasteiger partial charge in [0.15, 0.2) is 18.1 Å². The fourth-order valence-corrected chi connectivity index (χ4v) is 2.92. The first-order valence-electron chi connectivity index (χ1n) is 10.1. The minimum atomic E-state index is -0.347. The summed E-state index contributed by atoms with van der Waals surface area (Å²) in [4.78, 5) is 24.3. The molecule has 0 saturated heterocycles. The number of rotatable bonds is 9. The Morgan fingerprint density at radius 1 is 0.939 bits per heavy atom. The largest absolute Gasteiger partial charge is 0.497 e. The van der Waals surface area contributed by atoms with E-state index in [1.54, 1.807) is 49.6 Å². The predicted molar refractivity (Wildman–Crippen MR) is 126 cm³/mol. The number of hydrogen-bond donors (Lipinski definition) is 2. The van der Waals surface area contributed by atoms with Crippen LogP contribution in [0.25, 0.3) is 0 Å². The lowest BCUT2D eigenvalue weighted by Crippen LogP contribution is -2.20. The zero-order valence-corrected chi connectivity index (χ0v) is 18.6. The van der Waals surface area contributed by atoms with E-state index in [9.17, 15) is 9.59 Å². The summed E-state index contributed by atoms with van der Waals surface area (Å²) in [6.45, 7) is 1.78. The molecular weight excluding hydrogens is 422 g/mol. The number of amides is 2. The average Bonchev–Trinajstić information content (AvgIpc) is 2.83. The second-order valence-electron chi connectivity index (χ2n) is 7.04. The Bertz CT molecular complexity index is 1140. The maximum atomic E-state index is 12.2. The van der Waals surface area contributed by atoms with Gasteiger partial charge in [-0.15, -0.1) is 0 Å². The lowest BCUT2D eigenvalue weighted by Gasteiger charge is -2.11. The highest BCUT2D eigenvalue weighted by molar-refractivity contribution is 5.95. The normalized spacial score (nSPS) is 10.5. The van der Waals surface area contributed by atoms with Gasteiger partial charge in [-0.1, -0.05) is 12.1 Å². The second-order valence-corrected chi connectivity index (χ2v) is 7.04. The number of aryl methyl sites for hydroxylation is 1. The first-order chi connectivity index (χ1) is 16.0. The van der Waals surface area contributed by atoms with Crippen molar-refractivity contribution in [3.05, 3.63) is 83.4 Å². The van der Waals surface area contributed by atoms with Crippen molar-refractivity contribution in [3.8, 4) is 17.2 Å². The van der Waals surface area contributed by atoms with Crippen molar-refractivity contribution in [2.45, 2.75) is 6.92 Å². The predicted octanol–water partition coefficient (Wildman–Crippen LogP) is 3.79. The molecule has 0 spiro atoms. The van der Waals surface area contributed by atoms with Gasteiger partial charge >= 0.3 is 0 Å². The SMILES string of the molecule is COc1ccc(C(=O)N/N=C\c2ccc(OCC(=O)Nc3cccc(C)c3)c(OC)c2)cc1. The van der Waals surface area contributed by atoms with Gasteiger partial charge in [-0.25, -0.2) is 5.43 Å². The van der Waals surface area contributed by atoms with Gasteiger partial charge in [0.1, 0.15) is 5.75 Å². The lowest BCUT2D eigenvalue weighted by molar-refractivity contribution is -0.118. The summed E-state index contributed by atoms with van der Waals surface area (Å²) in [5.41, 5.74) is 5.36. The summed E-state index contributed by atoms with van der Waals surface area (Å²) in [6.07, 6.45) is 1.48. The number of methoxy groups -OCH3 is 2. The molecule has 3 aromatic carbocycles. The van der Waals surface area contributed by atoms with Crippen LogP contribution in [0.3, 0.4) is 0 Å². The van der Waals surface area contributed by atoms with Crippen LogP contribution >= 0.6 is 0 Å². The number of hydrogen-bond acceptors (Lipinski definition) is 6. The summed E-state index contributed by atoms with van der Waals surface area (Å²) < 4.78 is 16.0. The molecule has 0 saturated carbocycles. The van der Waals surface area contributed by atoms with Crippen LogP contribution in [0.5, 0.6) is 17.2 Å². The topological polar surface area (TPSA) is 98.3 Å². The Balaban J connectivity index is 1.55. The molecule has 33 heavy (non-hydrogen) atoms. The maximum Gasteiger partial charge on any atom is 0.271 e. The molecule has 3 aromatic rings. The number of anilines is 1. The fraction of sp³-hybridized carbons (Fsp3) is 0.160. The maximum absolute atomic E-state index is 12.2. The van der Waals surface area contributed by atoms with Gasteiger partial charge in [0, 0.05) is 11.3 Å². The molecule has 8 heteroatoms. The van der Waals surface area contributed by atoms with Crippen LogP contribution in [0.15, 0.2) is 71.8 Å². The lowest BCUT2D eigenvalue weighted by atomic mass is 10.2. The molecule has 2 amide bonds. The van der Waals surface area contributed by atoms with E-state index in [1.165, 1.54) is 13.3 Å². The summed E-state index contributed by atoms with van der Waals surface area (Å²) in [5, 5.41) is 6.76. The van der Waals surface area contributed by atoms with E-state index in [2.05, 4.69) is 15.8 Å².